The van der Waals surface area contributed by atoms with Crippen LogP contribution in [0.3, 0.4) is 0 Å². The molecule has 1 aromatic carbocycles. The van der Waals surface area contributed by atoms with E-state index in [1.165, 1.54) is 24.2 Å². The van der Waals surface area contributed by atoms with Gasteiger partial charge in [0.2, 0.25) is 5.91 Å². The van der Waals surface area contributed by atoms with Gasteiger partial charge in [0.15, 0.2) is 0 Å². The number of nitrogen functional groups attached to an aromatic ring is 1. The predicted molar refractivity (Wildman–Crippen MR) is 108 cm³/mol. The minimum Gasteiger partial charge on any atom is -0.383 e. The lowest BCUT2D eigenvalue weighted by Gasteiger charge is -2.25. The Morgan fingerprint density at radius 2 is 1.82 bits per heavy atom. The van der Waals surface area contributed by atoms with Gasteiger partial charge in [-0.15, -0.1) is 0 Å². The highest BCUT2D eigenvalue weighted by Crippen LogP contribution is 2.37. The normalized spacial score (nSPS) is 15.2. The van der Waals surface area contributed by atoms with Crippen molar-refractivity contribution in [2.24, 2.45) is 0 Å². The van der Waals surface area contributed by atoms with Crippen molar-refractivity contribution < 1.29 is 4.79 Å². The number of pyridine rings is 1. The van der Waals surface area contributed by atoms with Crippen LogP contribution in [-0.2, 0) is 4.79 Å². The summed E-state index contributed by atoms with van der Waals surface area (Å²) in [7, 11) is 0. The van der Waals surface area contributed by atoms with E-state index in [1.54, 1.807) is 0 Å². The van der Waals surface area contributed by atoms with E-state index >= 15 is 0 Å². The largest absolute Gasteiger partial charge is 0.383 e. The molecule has 2 aromatic rings. The van der Waals surface area contributed by atoms with Crippen molar-refractivity contribution in [2.45, 2.75) is 48.4 Å². The SMILES string of the molecule is N#Cc1cc(C#N)c(SC(C(=O)NC2CCCCC2)c2ccccc2)nc1N. The molecule has 3 rings (SSSR count). The molecule has 0 saturated heterocycles. The van der Waals surface area contributed by atoms with E-state index in [0.29, 0.717) is 5.03 Å². The summed E-state index contributed by atoms with van der Waals surface area (Å²) >= 11 is 1.19. The van der Waals surface area contributed by atoms with E-state index in [4.69, 9.17) is 11.0 Å². The van der Waals surface area contributed by atoms with E-state index in [9.17, 15) is 10.1 Å². The summed E-state index contributed by atoms with van der Waals surface area (Å²) < 4.78 is 0. The van der Waals surface area contributed by atoms with Gasteiger partial charge in [-0.05, 0) is 24.5 Å². The number of nitrogens with two attached hydrogens (primary N) is 1. The summed E-state index contributed by atoms with van der Waals surface area (Å²) in [5.74, 6) is -0.0415. The van der Waals surface area contributed by atoms with Gasteiger partial charge in [-0.3, -0.25) is 4.79 Å². The zero-order chi connectivity index (χ0) is 19.9. The van der Waals surface area contributed by atoms with Crippen molar-refractivity contribution in [3.8, 4) is 12.1 Å². The van der Waals surface area contributed by atoms with Crippen LogP contribution in [0.1, 0.15) is 54.0 Å². The van der Waals surface area contributed by atoms with Crippen LogP contribution in [0, 0.1) is 22.7 Å². The molecule has 1 aliphatic carbocycles. The first-order valence-electron chi connectivity index (χ1n) is 9.25. The van der Waals surface area contributed by atoms with Crippen LogP contribution in [0.4, 0.5) is 5.82 Å². The van der Waals surface area contributed by atoms with E-state index in [2.05, 4.69) is 16.4 Å². The number of amides is 1. The summed E-state index contributed by atoms with van der Waals surface area (Å²) in [5.41, 5.74) is 7.06. The van der Waals surface area contributed by atoms with Gasteiger partial charge in [0.1, 0.15) is 28.2 Å². The Kier molecular flexibility index (Phi) is 6.52. The summed E-state index contributed by atoms with van der Waals surface area (Å²) in [5, 5.41) is 21.5. The molecule has 0 aliphatic heterocycles. The van der Waals surface area contributed by atoms with Crippen molar-refractivity contribution >= 4 is 23.5 Å². The van der Waals surface area contributed by atoms with Gasteiger partial charge in [-0.1, -0.05) is 61.4 Å². The Bertz CT molecular complexity index is 926. The monoisotopic (exact) mass is 391 g/mol. The lowest BCUT2D eigenvalue weighted by atomic mass is 9.95. The Hall–Kier alpha value is -3.03. The fourth-order valence-electron chi connectivity index (χ4n) is 3.31. The first kappa shape index (κ1) is 19.7. The highest BCUT2D eigenvalue weighted by molar-refractivity contribution is 8.00. The summed E-state index contributed by atoms with van der Waals surface area (Å²) in [6.45, 7) is 0. The molecule has 1 unspecified atom stereocenters. The molecule has 1 amide bonds. The number of nitriles is 2. The molecule has 142 valence electrons. The molecule has 3 N–H and O–H groups in total. The van der Waals surface area contributed by atoms with E-state index < -0.39 is 5.25 Å². The molecule has 6 nitrogen and oxygen atoms in total. The lowest BCUT2D eigenvalue weighted by molar-refractivity contribution is -0.121. The third-order valence-electron chi connectivity index (χ3n) is 4.78. The number of nitrogens with zero attached hydrogens (tertiary/aromatic N) is 3. The number of thioether (sulfide) groups is 1. The molecule has 1 aliphatic rings. The minimum atomic E-state index is -0.560. The molecular formula is C21H21N5OS. The molecule has 1 saturated carbocycles. The Morgan fingerprint density at radius 3 is 2.46 bits per heavy atom. The zero-order valence-electron chi connectivity index (χ0n) is 15.4. The number of carbonyl (C=O) groups excluding carboxylic acids is 1. The second-order valence-electron chi connectivity index (χ2n) is 6.75. The van der Waals surface area contributed by atoms with E-state index in [1.807, 2.05) is 36.4 Å². The number of rotatable bonds is 5. The van der Waals surface area contributed by atoms with Crippen LogP contribution < -0.4 is 11.1 Å². The number of nitrogens with one attached hydrogen (secondary N) is 1. The summed E-state index contributed by atoms with van der Waals surface area (Å²) in [6, 6.07) is 15.0. The van der Waals surface area contributed by atoms with Gasteiger partial charge in [0.25, 0.3) is 0 Å². The van der Waals surface area contributed by atoms with Crippen LogP contribution in [0.15, 0.2) is 41.4 Å². The van der Waals surface area contributed by atoms with Crippen LogP contribution in [0.2, 0.25) is 0 Å². The van der Waals surface area contributed by atoms with Gasteiger partial charge in [-0.2, -0.15) is 10.5 Å². The van der Waals surface area contributed by atoms with Gasteiger partial charge in [0.05, 0.1) is 11.1 Å². The highest BCUT2D eigenvalue weighted by atomic mass is 32.2. The standard InChI is InChI=1S/C21H21N5OS/c22-12-15-11-16(13-23)21(26-19(15)24)28-18(14-7-3-1-4-8-14)20(27)25-17-9-5-2-6-10-17/h1,3-4,7-8,11,17-18H,2,5-6,9-10H2,(H2,24,26)(H,25,27). The zero-order valence-corrected chi connectivity index (χ0v) is 16.2. The van der Waals surface area contributed by atoms with Crippen LogP contribution in [0.5, 0.6) is 0 Å². The van der Waals surface area contributed by atoms with Gasteiger partial charge >= 0.3 is 0 Å². The molecule has 0 bridgehead atoms. The molecular weight excluding hydrogens is 370 g/mol. The number of anilines is 1. The van der Waals surface area contributed by atoms with Gasteiger partial charge < -0.3 is 11.1 Å². The molecule has 1 atom stereocenters. The first-order chi connectivity index (χ1) is 13.6. The number of carbonyl (C=O) groups is 1. The third-order valence-corrected chi connectivity index (χ3v) is 6.04. The maximum Gasteiger partial charge on any atom is 0.238 e. The van der Waals surface area contributed by atoms with Crippen LogP contribution in [-0.4, -0.2) is 16.9 Å². The second-order valence-corrected chi connectivity index (χ2v) is 7.84. The van der Waals surface area contributed by atoms with E-state index in [0.717, 1.165) is 31.2 Å². The molecule has 1 heterocycles. The number of benzene rings is 1. The number of hydrogen-bond donors (Lipinski definition) is 2. The fraction of sp³-hybridized carbons (Fsp3) is 0.333. The average Bonchev–Trinajstić information content (AvgIpc) is 2.73. The predicted octanol–water partition coefficient (Wildman–Crippen LogP) is 3.69. The Labute approximate surface area is 168 Å². The molecule has 0 spiro atoms. The van der Waals surface area contributed by atoms with Crippen LogP contribution in [0.25, 0.3) is 0 Å². The lowest BCUT2D eigenvalue weighted by Crippen LogP contribution is -2.38. The number of aromatic nitrogens is 1. The van der Waals surface area contributed by atoms with Gasteiger partial charge in [0, 0.05) is 6.04 Å². The second kappa shape index (κ2) is 9.25. The molecule has 0 radical (unpaired) electrons. The minimum absolute atomic E-state index is 0.0588. The maximum atomic E-state index is 13.1. The number of hydrogen-bond acceptors (Lipinski definition) is 6. The molecule has 1 aromatic heterocycles. The third kappa shape index (κ3) is 4.62. The smallest absolute Gasteiger partial charge is 0.238 e. The van der Waals surface area contributed by atoms with Crippen molar-refractivity contribution in [3.05, 3.63) is 53.1 Å². The molecule has 1 fully saturated rings. The highest BCUT2D eigenvalue weighted by Gasteiger charge is 2.27. The first-order valence-corrected chi connectivity index (χ1v) is 10.1. The van der Waals surface area contributed by atoms with Crippen molar-refractivity contribution in [3.63, 3.8) is 0 Å². The maximum absolute atomic E-state index is 13.1. The average molecular weight is 392 g/mol. The fourth-order valence-corrected chi connectivity index (χ4v) is 4.38. The molecule has 7 heteroatoms. The van der Waals surface area contributed by atoms with Crippen LogP contribution >= 0.6 is 11.8 Å². The van der Waals surface area contributed by atoms with E-state index in [-0.39, 0.29) is 28.9 Å². The van der Waals surface area contributed by atoms with Gasteiger partial charge in [-0.25, -0.2) is 4.98 Å². The summed E-state index contributed by atoms with van der Waals surface area (Å²) in [6.07, 6.45) is 5.44. The van der Waals surface area contributed by atoms with Crippen molar-refractivity contribution in [2.75, 3.05) is 5.73 Å². The van der Waals surface area contributed by atoms with Crippen molar-refractivity contribution in [1.29, 1.82) is 10.5 Å². The Morgan fingerprint density at radius 1 is 1.14 bits per heavy atom. The Balaban J connectivity index is 1.90. The van der Waals surface area contributed by atoms with Crippen molar-refractivity contribution in [1.82, 2.24) is 10.3 Å². The molecule has 28 heavy (non-hydrogen) atoms. The quantitative estimate of drug-likeness (QED) is 0.751. The topological polar surface area (TPSA) is 116 Å². The summed E-state index contributed by atoms with van der Waals surface area (Å²) in [4.78, 5) is 17.3.